The Morgan fingerprint density at radius 2 is 1.86 bits per heavy atom. The molecular formula is C15H17N4O2P. The Hall–Kier alpha value is -2.30. The Labute approximate surface area is 128 Å². The number of hydrogen-bond acceptors (Lipinski definition) is 2. The van der Waals surface area contributed by atoms with Gasteiger partial charge in [-0.25, -0.2) is 9.88 Å². The lowest BCUT2D eigenvalue weighted by atomic mass is 10.2. The molecule has 1 unspecified atom stereocenters. The van der Waals surface area contributed by atoms with Crippen molar-refractivity contribution in [2.75, 3.05) is 10.4 Å². The highest BCUT2D eigenvalue weighted by molar-refractivity contribution is 7.62. The van der Waals surface area contributed by atoms with Crippen LogP contribution in [0.5, 0.6) is 0 Å². The molecule has 0 aliphatic carbocycles. The summed E-state index contributed by atoms with van der Waals surface area (Å²) in [6.07, 6.45) is 0. The van der Waals surface area contributed by atoms with Crippen LogP contribution in [0, 0.1) is 6.92 Å². The Morgan fingerprint density at radius 1 is 1.14 bits per heavy atom. The molecular weight excluding hydrogens is 299 g/mol. The zero-order valence-electron chi connectivity index (χ0n) is 12.1. The summed E-state index contributed by atoms with van der Waals surface area (Å²) in [7, 11) is -3.22. The predicted octanol–water partition coefficient (Wildman–Crippen LogP) is 3.44. The Morgan fingerprint density at radius 3 is 2.68 bits per heavy atom. The normalized spacial score (nSPS) is 19.7. The van der Waals surface area contributed by atoms with E-state index < -0.39 is 13.6 Å². The minimum absolute atomic E-state index is 0.436. The first-order chi connectivity index (χ1) is 10.6. The number of carbonyl (C=O) groups excluding carboxylic acids is 1. The number of aryl methyl sites for hydroxylation is 1. The largest absolute Gasteiger partial charge is 0.331 e. The standard InChI is InChI=1S/C15H17N4O2P/c1-11-6-2-4-8-13(11)17-15(20)19-22(21)16-10-12-7-3-5-9-14(12)18-22/h2-9H,10H2,1H3,(H4,16,17,18,19,20,21). The summed E-state index contributed by atoms with van der Waals surface area (Å²) in [5.41, 5.74) is 3.39. The van der Waals surface area contributed by atoms with Gasteiger partial charge in [0.15, 0.2) is 0 Å². The summed E-state index contributed by atoms with van der Waals surface area (Å²) in [6, 6.07) is 14.4. The number of carbonyl (C=O) groups is 1. The maximum Gasteiger partial charge on any atom is 0.331 e. The van der Waals surface area contributed by atoms with Crippen molar-refractivity contribution >= 4 is 25.0 Å². The summed E-state index contributed by atoms with van der Waals surface area (Å²) in [6.45, 7) is 2.33. The van der Waals surface area contributed by atoms with Gasteiger partial charge in [-0.3, -0.25) is 9.65 Å². The zero-order valence-corrected chi connectivity index (χ0v) is 13.0. The van der Waals surface area contributed by atoms with Crippen molar-refractivity contribution < 1.29 is 9.36 Å². The molecule has 0 saturated carbocycles. The molecule has 0 radical (unpaired) electrons. The summed E-state index contributed by atoms with van der Waals surface area (Å²) in [5, 5.41) is 10.9. The molecule has 2 aromatic carbocycles. The minimum atomic E-state index is -3.22. The molecule has 1 heterocycles. The molecule has 4 N–H and O–H groups in total. The monoisotopic (exact) mass is 316 g/mol. The van der Waals surface area contributed by atoms with Crippen LogP contribution in [0.4, 0.5) is 16.2 Å². The number of urea groups is 1. The van der Waals surface area contributed by atoms with Gasteiger partial charge < -0.3 is 10.4 Å². The number of nitrogens with one attached hydrogen (secondary N) is 4. The van der Waals surface area contributed by atoms with Crippen molar-refractivity contribution in [3.05, 3.63) is 59.7 Å². The highest BCUT2D eigenvalue weighted by Crippen LogP contribution is 2.42. The Balaban J connectivity index is 1.70. The van der Waals surface area contributed by atoms with Crippen LogP contribution in [-0.2, 0) is 11.1 Å². The van der Waals surface area contributed by atoms with Gasteiger partial charge in [0.2, 0.25) is 0 Å². The van der Waals surface area contributed by atoms with Crippen molar-refractivity contribution in [2.45, 2.75) is 13.5 Å². The van der Waals surface area contributed by atoms with E-state index in [1.807, 2.05) is 49.4 Å². The maximum atomic E-state index is 12.7. The lowest BCUT2D eigenvalue weighted by Crippen LogP contribution is -2.36. The van der Waals surface area contributed by atoms with Crippen molar-refractivity contribution in [2.24, 2.45) is 0 Å². The third-order valence-electron chi connectivity index (χ3n) is 3.44. The maximum absolute atomic E-state index is 12.7. The third kappa shape index (κ3) is 3.13. The fourth-order valence-corrected chi connectivity index (χ4v) is 3.77. The van der Waals surface area contributed by atoms with Gasteiger partial charge in [-0.15, -0.1) is 0 Å². The second kappa shape index (κ2) is 5.83. The molecule has 0 fully saturated rings. The van der Waals surface area contributed by atoms with Crippen LogP contribution in [0.25, 0.3) is 0 Å². The Kier molecular flexibility index (Phi) is 3.88. The number of hydrogen-bond donors (Lipinski definition) is 4. The predicted molar refractivity (Wildman–Crippen MR) is 87.8 cm³/mol. The molecule has 6 nitrogen and oxygen atoms in total. The van der Waals surface area contributed by atoms with Gasteiger partial charge in [0, 0.05) is 17.9 Å². The summed E-state index contributed by atoms with van der Waals surface area (Å²) in [5.74, 6) is 0. The number of rotatable bonds is 2. The molecule has 22 heavy (non-hydrogen) atoms. The van der Waals surface area contributed by atoms with E-state index in [2.05, 4.69) is 20.6 Å². The fraction of sp³-hybridized carbons (Fsp3) is 0.133. The fourth-order valence-electron chi connectivity index (χ4n) is 2.26. The second-order valence-corrected chi connectivity index (χ2v) is 7.08. The van der Waals surface area contributed by atoms with Crippen molar-refractivity contribution in [3.8, 4) is 0 Å². The molecule has 0 saturated heterocycles. The topological polar surface area (TPSA) is 82.3 Å². The van der Waals surface area contributed by atoms with Gasteiger partial charge in [-0.2, -0.15) is 0 Å². The van der Waals surface area contributed by atoms with Crippen LogP contribution in [0.15, 0.2) is 48.5 Å². The zero-order chi connectivity index (χ0) is 15.6. The van der Waals surface area contributed by atoms with Gasteiger partial charge in [-0.1, -0.05) is 36.4 Å². The lowest BCUT2D eigenvalue weighted by Gasteiger charge is -2.28. The van der Waals surface area contributed by atoms with Crippen molar-refractivity contribution in [1.82, 2.24) is 10.2 Å². The number of para-hydroxylation sites is 2. The van der Waals surface area contributed by atoms with Crippen LogP contribution in [0.1, 0.15) is 11.1 Å². The van der Waals surface area contributed by atoms with Crippen LogP contribution < -0.4 is 20.6 Å². The first kappa shape index (κ1) is 14.6. The molecule has 1 aliphatic rings. The third-order valence-corrected chi connectivity index (χ3v) is 5.12. The molecule has 2 aromatic rings. The van der Waals surface area contributed by atoms with E-state index >= 15 is 0 Å². The van der Waals surface area contributed by atoms with Gasteiger partial charge in [0.1, 0.15) is 0 Å². The van der Waals surface area contributed by atoms with Gasteiger partial charge >= 0.3 is 13.6 Å². The minimum Gasteiger partial charge on any atom is -0.308 e. The molecule has 1 atom stereocenters. The number of anilines is 2. The number of fused-ring (bicyclic) bond motifs is 1. The van der Waals surface area contributed by atoms with E-state index in [9.17, 15) is 9.36 Å². The van der Waals surface area contributed by atoms with Crippen molar-refractivity contribution in [3.63, 3.8) is 0 Å². The average molecular weight is 316 g/mol. The highest BCUT2D eigenvalue weighted by atomic mass is 31.2. The van der Waals surface area contributed by atoms with Gasteiger partial charge in [-0.05, 0) is 30.2 Å². The first-order valence-corrected chi connectivity index (χ1v) is 8.63. The second-order valence-electron chi connectivity index (χ2n) is 5.09. The number of benzene rings is 2. The summed E-state index contributed by atoms with van der Waals surface area (Å²) >= 11 is 0. The van der Waals surface area contributed by atoms with E-state index in [1.54, 1.807) is 6.07 Å². The highest BCUT2D eigenvalue weighted by Gasteiger charge is 2.29. The number of amides is 2. The molecule has 114 valence electrons. The Bertz CT molecular complexity index is 763. The van der Waals surface area contributed by atoms with E-state index in [4.69, 9.17) is 0 Å². The smallest absolute Gasteiger partial charge is 0.308 e. The first-order valence-electron chi connectivity index (χ1n) is 6.92. The van der Waals surface area contributed by atoms with Gasteiger partial charge in [0.25, 0.3) is 0 Å². The summed E-state index contributed by atoms with van der Waals surface area (Å²) < 4.78 is 12.7. The van der Waals surface area contributed by atoms with Crippen molar-refractivity contribution in [1.29, 1.82) is 0 Å². The molecule has 0 spiro atoms. The molecule has 1 aliphatic heterocycles. The molecule has 0 aromatic heterocycles. The quantitative estimate of drug-likeness (QED) is 0.640. The molecule has 2 amide bonds. The van der Waals surface area contributed by atoms with Crippen LogP contribution in [-0.4, -0.2) is 6.03 Å². The van der Waals surface area contributed by atoms with Crippen LogP contribution in [0.3, 0.4) is 0 Å². The van der Waals surface area contributed by atoms with Crippen LogP contribution >= 0.6 is 7.59 Å². The van der Waals surface area contributed by atoms with Gasteiger partial charge in [0.05, 0.1) is 0 Å². The van der Waals surface area contributed by atoms with E-state index in [0.29, 0.717) is 12.2 Å². The van der Waals surface area contributed by atoms with E-state index in [1.165, 1.54) is 0 Å². The van der Waals surface area contributed by atoms with E-state index in [0.717, 1.165) is 16.8 Å². The molecule has 0 bridgehead atoms. The summed E-state index contributed by atoms with van der Waals surface area (Å²) in [4.78, 5) is 12.1. The molecule has 7 heteroatoms. The molecule has 3 rings (SSSR count). The SMILES string of the molecule is Cc1ccccc1NC(=O)NP1(=O)NCc2ccccc2N1. The van der Waals surface area contributed by atoms with Crippen LogP contribution in [0.2, 0.25) is 0 Å². The average Bonchev–Trinajstić information content (AvgIpc) is 2.49. The lowest BCUT2D eigenvalue weighted by molar-refractivity contribution is 0.256. The van der Waals surface area contributed by atoms with E-state index in [-0.39, 0.29) is 0 Å².